The predicted octanol–water partition coefficient (Wildman–Crippen LogP) is 0.666. The first kappa shape index (κ1) is 14.1. The Labute approximate surface area is 115 Å². The van der Waals surface area contributed by atoms with Crippen LogP contribution in [0.15, 0.2) is 11.0 Å². The van der Waals surface area contributed by atoms with Gasteiger partial charge in [-0.3, -0.25) is 9.69 Å². The molecule has 1 saturated heterocycles. The third-order valence-electron chi connectivity index (χ3n) is 3.03. The lowest BCUT2D eigenvalue weighted by atomic mass is 10.2. The number of esters is 1. The summed E-state index contributed by atoms with van der Waals surface area (Å²) in [7, 11) is 2.00. The Balaban J connectivity index is 2.23. The largest absolute Gasteiger partial charge is 0.462 e. The first-order valence-corrected chi connectivity index (χ1v) is 7.33. The molecule has 0 aromatic carbocycles. The third kappa shape index (κ3) is 3.16. The smallest absolute Gasteiger partial charge is 0.345 e. The van der Waals surface area contributed by atoms with Crippen molar-refractivity contribution in [1.82, 2.24) is 14.9 Å². The molecule has 2 rings (SSSR count). The number of nitrogens with zero attached hydrogens (tertiary/aromatic N) is 2. The van der Waals surface area contributed by atoms with Crippen molar-refractivity contribution in [3.63, 3.8) is 0 Å². The number of aromatic nitrogens is 2. The Hall–Kier alpha value is -1.34. The average molecular weight is 283 g/mol. The Morgan fingerprint density at radius 3 is 3.11 bits per heavy atom. The molecule has 1 aliphatic heterocycles. The van der Waals surface area contributed by atoms with Crippen molar-refractivity contribution in [2.75, 3.05) is 31.7 Å². The molecular weight excluding hydrogens is 266 g/mol. The molecule has 1 aliphatic rings. The molecule has 1 N–H and O–H groups in total. The van der Waals surface area contributed by atoms with Gasteiger partial charge in [0.1, 0.15) is 11.4 Å². The minimum Gasteiger partial charge on any atom is -0.462 e. The number of ether oxygens (including phenoxy) is 1. The number of H-pyrrole nitrogens is 1. The molecule has 0 spiro atoms. The van der Waals surface area contributed by atoms with E-state index in [0.717, 1.165) is 18.1 Å². The minimum atomic E-state index is -0.630. The summed E-state index contributed by atoms with van der Waals surface area (Å²) < 4.78 is 4.80. The zero-order chi connectivity index (χ0) is 13.8. The predicted molar refractivity (Wildman–Crippen MR) is 73.5 cm³/mol. The molecular formula is C12H17N3O3S. The highest BCUT2D eigenvalue weighted by Gasteiger charge is 2.24. The quantitative estimate of drug-likeness (QED) is 0.822. The fourth-order valence-electron chi connectivity index (χ4n) is 1.91. The summed E-state index contributed by atoms with van der Waals surface area (Å²) in [5.41, 5.74) is -0.482. The van der Waals surface area contributed by atoms with Crippen LogP contribution >= 0.6 is 11.8 Å². The van der Waals surface area contributed by atoms with Crippen LogP contribution in [0.3, 0.4) is 0 Å². The third-order valence-corrected chi connectivity index (χ3v) is 4.05. The van der Waals surface area contributed by atoms with Gasteiger partial charge in [-0.05, 0) is 14.0 Å². The van der Waals surface area contributed by atoms with E-state index in [-0.39, 0.29) is 18.2 Å². The molecule has 0 saturated carbocycles. The van der Waals surface area contributed by atoms with Crippen LogP contribution in [0.4, 0.5) is 0 Å². The van der Waals surface area contributed by atoms with E-state index in [1.54, 1.807) is 6.92 Å². The topological polar surface area (TPSA) is 75.3 Å². The van der Waals surface area contributed by atoms with Crippen LogP contribution in [0, 0.1) is 0 Å². The van der Waals surface area contributed by atoms with Gasteiger partial charge < -0.3 is 9.72 Å². The molecule has 1 unspecified atom stereocenters. The molecule has 0 radical (unpaired) electrons. The molecule has 0 amide bonds. The van der Waals surface area contributed by atoms with Gasteiger partial charge in [0.05, 0.1) is 12.6 Å². The Kier molecular flexibility index (Phi) is 4.60. The second kappa shape index (κ2) is 6.21. The second-order valence-corrected chi connectivity index (χ2v) is 5.45. The van der Waals surface area contributed by atoms with E-state index in [1.807, 2.05) is 18.8 Å². The van der Waals surface area contributed by atoms with Gasteiger partial charge in [0, 0.05) is 24.2 Å². The second-order valence-electron chi connectivity index (χ2n) is 4.30. The maximum Gasteiger partial charge on any atom is 0.345 e. The van der Waals surface area contributed by atoms with Crippen molar-refractivity contribution < 1.29 is 9.53 Å². The van der Waals surface area contributed by atoms with Gasteiger partial charge in [-0.15, -0.1) is 0 Å². The van der Waals surface area contributed by atoms with Crippen LogP contribution in [-0.2, 0) is 4.74 Å². The number of carbonyl (C=O) groups is 1. The standard InChI is InChI=1S/C12H17N3O3S/c1-3-18-12(17)8-6-13-10(14-11(8)16)9-7-19-5-4-15(9)2/h6,9H,3-5,7H2,1-2H3,(H,13,14,16). The monoisotopic (exact) mass is 283 g/mol. The van der Waals surface area contributed by atoms with Crippen LogP contribution in [-0.4, -0.2) is 52.5 Å². The summed E-state index contributed by atoms with van der Waals surface area (Å²) in [4.78, 5) is 32.5. The number of hydrogen-bond donors (Lipinski definition) is 1. The molecule has 1 aromatic heterocycles. The summed E-state index contributed by atoms with van der Waals surface area (Å²) in [6.45, 7) is 2.89. The van der Waals surface area contributed by atoms with E-state index in [4.69, 9.17) is 4.74 Å². The molecule has 0 aliphatic carbocycles. The van der Waals surface area contributed by atoms with E-state index in [9.17, 15) is 9.59 Å². The van der Waals surface area contributed by atoms with E-state index in [1.165, 1.54) is 6.20 Å². The summed E-state index contributed by atoms with van der Waals surface area (Å²) in [6, 6.07) is 0.0858. The van der Waals surface area contributed by atoms with Crippen LogP contribution in [0.1, 0.15) is 29.1 Å². The number of hydrogen-bond acceptors (Lipinski definition) is 6. The highest BCUT2D eigenvalue weighted by Crippen LogP contribution is 2.25. The van der Waals surface area contributed by atoms with Crippen molar-refractivity contribution in [3.05, 3.63) is 27.9 Å². The zero-order valence-electron chi connectivity index (χ0n) is 11.0. The number of aromatic amines is 1. The lowest BCUT2D eigenvalue weighted by Gasteiger charge is -2.30. The lowest BCUT2D eigenvalue weighted by Crippen LogP contribution is -2.35. The molecule has 104 valence electrons. The fourth-order valence-corrected chi connectivity index (χ4v) is 3.13. The summed E-state index contributed by atoms with van der Waals surface area (Å²) in [6.07, 6.45) is 1.30. The van der Waals surface area contributed by atoms with Crippen LogP contribution in [0.2, 0.25) is 0 Å². The van der Waals surface area contributed by atoms with Crippen molar-refractivity contribution in [1.29, 1.82) is 0 Å². The minimum absolute atomic E-state index is 0.0447. The molecule has 19 heavy (non-hydrogen) atoms. The van der Waals surface area contributed by atoms with E-state index in [2.05, 4.69) is 14.9 Å². The Morgan fingerprint density at radius 1 is 1.68 bits per heavy atom. The Bertz CT molecular complexity index is 517. The van der Waals surface area contributed by atoms with Gasteiger partial charge >= 0.3 is 5.97 Å². The van der Waals surface area contributed by atoms with Crippen LogP contribution in [0.5, 0.6) is 0 Å². The van der Waals surface area contributed by atoms with Gasteiger partial charge in [0.2, 0.25) is 0 Å². The number of rotatable bonds is 3. The number of thioether (sulfide) groups is 1. The van der Waals surface area contributed by atoms with Crippen molar-refractivity contribution in [2.45, 2.75) is 13.0 Å². The van der Waals surface area contributed by atoms with Gasteiger partial charge in [-0.25, -0.2) is 9.78 Å². The molecule has 1 aromatic rings. The maximum atomic E-state index is 11.9. The van der Waals surface area contributed by atoms with Crippen LogP contribution < -0.4 is 5.56 Å². The van der Waals surface area contributed by atoms with Gasteiger partial charge in [-0.1, -0.05) is 0 Å². The SMILES string of the molecule is CCOC(=O)c1cnc(C2CSCCN2C)[nH]c1=O. The zero-order valence-corrected chi connectivity index (χ0v) is 11.8. The molecule has 1 fully saturated rings. The molecule has 0 bridgehead atoms. The summed E-state index contributed by atoms with van der Waals surface area (Å²) in [5, 5.41) is 0. The van der Waals surface area contributed by atoms with Crippen molar-refractivity contribution in [3.8, 4) is 0 Å². The highest BCUT2D eigenvalue weighted by atomic mass is 32.2. The van der Waals surface area contributed by atoms with Gasteiger partial charge in [0.15, 0.2) is 0 Å². The van der Waals surface area contributed by atoms with E-state index >= 15 is 0 Å². The summed E-state index contributed by atoms with van der Waals surface area (Å²) >= 11 is 1.83. The number of carbonyl (C=O) groups excluding carboxylic acids is 1. The molecule has 1 atom stereocenters. The van der Waals surface area contributed by atoms with Gasteiger partial charge in [-0.2, -0.15) is 11.8 Å². The van der Waals surface area contributed by atoms with Crippen molar-refractivity contribution in [2.24, 2.45) is 0 Å². The average Bonchev–Trinajstić information content (AvgIpc) is 2.39. The normalized spacial score (nSPS) is 20.2. The molecule has 7 heteroatoms. The highest BCUT2D eigenvalue weighted by molar-refractivity contribution is 7.99. The first-order chi connectivity index (χ1) is 9.13. The summed E-state index contributed by atoms with van der Waals surface area (Å²) in [5.74, 6) is 1.94. The van der Waals surface area contributed by atoms with E-state index < -0.39 is 11.5 Å². The molecule has 2 heterocycles. The number of nitrogens with one attached hydrogen (secondary N) is 1. The van der Waals surface area contributed by atoms with Gasteiger partial charge in [0.25, 0.3) is 5.56 Å². The van der Waals surface area contributed by atoms with Crippen LogP contribution in [0.25, 0.3) is 0 Å². The fraction of sp³-hybridized carbons (Fsp3) is 0.583. The maximum absolute atomic E-state index is 11.9. The molecule has 6 nitrogen and oxygen atoms in total. The van der Waals surface area contributed by atoms with Crippen molar-refractivity contribution >= 4 is 17.7 Å². The first-order valence-electron chi connectivity index (χ1n) is 6.17. The lowest BCUT2D eigenvalue weighted by molar-refractivity contribution is 0.0523. The Morgan fingerprint density at radius 2 is 2.47 bits per heavy atom. The van der Waals surface area contributed by atoms with E-state index in [0.29, 0.717) is 5.82 Å².